The Balaban J connectivity index is 2.06. The van der Waals surface area contributed by atoms with Crippen molar-refractivity contribution in [3.8, 4) is 0 Å². The van der Waals surface area contributed by atoms with E-state index in [0.29, 0.717) is 18.9 Å². The van der Waals surface area contributed by atoms with Crippen LogP contribution in [-0.2, 0) is 14.3 Å². The number of ether oxygens (including phenoxy) is 2. The van der Waals surface area contributed by atoms with Crippen LogP contribution in [0.15, 0.2) is 30.3 Å². The lowest BCUT2D eigenvalue weighted by Gasteiger charge is -2.37. The highest BCUT2D eigenvalue weighted by Crippen LogP contribution is 2.33. The van der Waals surface area contributed by atoms with Crippen molar-refractivity contribution in [1.82, 2.24) is 0 Å². The van der Waals surface area contributed by atoms with Crippen LogP contribution in [0.2, 0.25) is 0 Å². The van der Waals surface area contributed by atoms with Gasteiger partial charge in [-0.05, 0) is 5.92 Å². The van der Waals surface area contributed by atoms with Crippen LogP contribution < -0.4 is 0 Å². The molecule has 0 spiro atoms. The zero-order chi connectivity index (χ0) is 13.0. The molecule has 0 unspecified atom stereocenters. The molecule has 1 aromatic rings. The third-order valence-electron chi connectivity index (χ3n) is 3.45. The Labute approximate surface area is 108 Å². The monoisotopic (exact) mass is 248 g/mol. The molecule has 1 fully saturated rings. The highest BCUT2D eigenvalue weighted by atomic mass is 16.7. The van der Waals surface area contributed by atoms with Crippen LogP contribution in [0.4, 0.5) is 0 Å². The number of aldehydes is 1. The quantitative estimate of drug-likeness (QED) is 0.768. The van der Waals surface area contributed by atoms with E-state index in [2.05, 4.69) is 13.8 Å². The van der Waals surface area contributed by atoms with Gasteiger partial charge in [-0.25, -0.2) is 0 Å². The molecule has 1 aromatic carbocycles. The summed E-state index contributed by atoms with van der Waals surface area (Å²) in [5.41, 5.74) is 1.03. The van der Waals surface area contributed by atoms with Gasteiger partial charge in [0, 0.05) is 17.9 Å². The Morgan fingerprint density at radius 3 is 2.78 bits per heavy atom. The smallest absolute Gasteiger partial charge is 0.184 e. The van der Waals surface area contributed by atoms with Crippen LogP contribution in [0.1, 0.15) is 32.1 Å². The zero-order valence-electron chi connectivity index (χ0n) is 10.9. The molecule has 98 valence electrons. The summed E-state index contributed by atoms with van der Waals surface area (Å²) in [6.07, 6.45) is 1.28. The van der Waals surface area contributed by atoms with E-state index in [1.165, 1.54) is 0 Å². The first-order valence-electron chi connectivity index (χ1n) is 6.48. The Hall–Kier alpha value is -1.19. The van der Waals surface area contributed by atoms with Crippen molar-refractivity contribution >= 4 is 6.29 Å². The average molecular weight is 248 g/mol. The molecule has 0 N–H and O–H groups in total. The van der Waals surface area contributed by atoms with E-state index >= 15 is 0 Å². The predicted molar refractivity (Wildman–Crippen MR) is 69.0 cm³/mol. The first kappa shape index (κ1) is 13.2. The summed E-state index contributed by atoms with van der Waals surface area (Å²) in [7, 11) is 0. The first-order chi connectivity index (χ1) is 8.72. The third-order valence-corrected chi connectivity index (χ3v) is 3.45. The van der Waals surface area contributed by atoms with Crippen LogP contribution in [0.5, 0.6) is 0 Å². The van der Waals surface area contributed by atoms with Gasteiger partial charge in [0.25, 0.3) is 0 Å². The summed E-state index contributed by atoms with van der Waals surface area (Å²) < 4.78 is 11.7. The standard InChI is InChI=1S/C15H20O3/c1-11(8-9-16)14-12(2)10-17-15(18-14)13-6-4-3-5-7-13/h3-7,9,11-12,14-15H,8,10H2,1-2H3/t11-,12+,14+,15+/m1/s1. The zero-order valence-corrected chi connectivity index (χ0v) is 10.9. The number of hydrogen-bond acceptors (Lipinski definition) is 3. The maximum Gasteiger partial charge on any atom is 0.184 e. The Bertz CT molecular complexity index is 377. The molecule has 2 rings (SSSR count). The van der Waals surface area contributed by atoms with Gasteiger partial charge in [0.05, 0.1) is 12.7 Å². The van der Waals surface area contributed by atoms with E-state index in [1.807, 2.05) is 30.3 Å². The molecule has 0 bridgehead atoms. The summed E-state index contributed by atoms with van der Waals surface area (Å²) >= 11 is 0. The minimum Gasteiger partial charge on any atom is -0.348 e. The number of hydrogen-bond donors (Lipinski definition) is 0. The molecule has 18 heavy (non-hydrogen) atoms. The van der Waals surface area contributed by atoms with E-state index in [1.54, 1.807) is 0 Å². The van der Waals surface area contributed by atoms with Crippen molar-refractivity contribution in [2.45, 2.75) is 32.7 Å². The van der Waals surface area contributed by atoms with Gasteiger partial charge in [0.15, 0.2) is 6.29 Å². The molecule has 0 radical (unpaired) electrons. The Morgan fingerprint density at radius 1 is 1.39 bits per heavy atom. The molecule has 1 aliphatic heterocycles. The summed E-state index contributed by atoms with van der Waals surface area (Å²) in [4.78, 5) is 10.6. The van der Waals surface area contributed by atoms with Gasteiger partial charge in [-0.3, -0.25) is 0 Å². The van der Waals surface area contributed by atoms with Gasteiger partial charge in [-0.1, -0.05) is 44.2 Å². The molecule has 0 aliphatic carbocycles. The lowest BCUT2D eigenvalue weighted by Crippen LogP contribution is -2.39. The fourth-order valence-corrected chi connectivity index (χ4v) is 2.42. The topological polar surface area (TPSA) is 35.5 Å². The maximum absolute atomic E-state index is 10.6. The highest BCUT2D eigenvalue weighted by Gasteiger charge is 2.33. The van der Waals surface area contributed by atoms with Crippen molar-refractivity contribution in [2.75, 3.05) is 6.61 Å². The van der Waals surface area contributed by atoms with Gasteiger partial charge in [-0.15, -0.1) is 0 Å². The molecule has 1 aliphatic rings. The SMILES string of the molecule is C[C@H](CC=O)[C@@H]1O[C@@H](c2ccccc2)OC[C@@H]1C. The fourth-order valence-electron chi connectivity index (χ4n) is 2.42. The molecule has 0 aromatic heterocycles. The summed E-state index contributed by atoms with van der Waals surface area (Å²) in [6.45, 7) is 4.84. The molecule has 0 amide bonds. The van der Waals surface area contributed by atoms with Crippen LogP contribution in [0, 0.1) is 11.8 Å². The average Bonchev–Trinajstić information content (AvgIpc) is 2.40. The van der Waals surface area contributed by atoms with Crippen molar-refractivity contribution in [2.24, 2.45) is 11.8 Å². The fraction of sp³-hybridized carbons (Fsp3) is 0.533. The van der Waals surface area contributed by atoms with Crippen molar-refractivity contribution in [3.63, 3.8) is 0 Å². The first-order valence-corrected chi connectivity index (χ1v) is 6.48. The van der Waals surface area contributed by atoms with Crippen molar-refractivity contribution in [1.29, 1.82) is 0 Å². The van der Waals surface area contributed by atoms with Crippen LogP contribution in [0.3, 0.4) is 0 Å². The van der Waals surface area contributed by atoms with Crippen LogP contribution >= 0.6 is 0 Å². The van der Waals surface area contributed by atoms with E-state index in [9.17, 15) is 4.79 Å². The van der Waals surface area contributed by atoms with E-state index in [-0.39, 0.29) is 18.3 Å². The van der Waals surface area contributed by atoms with E-state index < -0.39 is 0 Å². The van der Waals surface area contributed by atoms with Gasteiger partial charge in [-0.2, -0.15) is 0 Å². The Morgan fingerprint density at radius 2 is 2.11 bits per heavy atom. The normalized spacial score (nSPS) is 29.8. The predicted octanol–water partition coefficient (Wildman–Crippen LogP) is 2.96. The van der Waals surface area contributed by atoms with Crippen LogP contribution in [0.25, 0.3) is 0 Å². The number of rotatable bonds is 4. The number of benzene rings is 1. The van der Waals surface area contributed by atoms with E-state index in [0.717, 1.165) is 11.8 Å². The summed E-state index contributed by atoms with van der Waals surface area (Å²) in [5.74, 6) is 0.549. The molecule has 1 heterocycles. The lowest BCUT2D eigenvalue weighted by molar-refractivity contribution is -0.249. The van der Waals surface area contributed by atoms with Crippen LogP contribution in [-0.4, -0.2) is 19.0 Å². The minimum absolute atomic E-state index is 0.0779. The maximum atomic E-state index is 10.6. The second-order valence-electron chi connectivity index (χ2n) is 5.03. The van der Waals surface area contributed by atoms with Crippen molar-refractivity contribution in [3.05, 3.63) is 35.9 Å². The second kappa shape index (κ2) is 6.12. The number of carbonyl (C=O) groups excluding carboxylic acids is 1. The molecule has 4 atom stereocenters. The second-order valence-corrected chi connectivity index (χ2v) is 5.03. The lowest BCUT2D eigenvalue weighted by atomic mass is 9.91. The molecule has 1 saturated heterocycles. The Kier molecular flexibility index (Phi) is 4.50. The molecular weight excluding hydrogens is 228 g/mol. The minimum atomic E-state index is -0.304. The molecule has 3 heteroatoms. The van der Waals surface area contributed by atoms with Gasteiger partial charge < -0.3 is 14.3 Å². The van der Waals surface area contributed by atoms with E-state index in [4.69, 9.17) is 9.47 Å². The van der Waals surface area contributed by atoms with Gasteiger partial charge in [0.2, 0.25) is 0 Å². The molecular formula is C15H20O3. The third kappa shape index (κ3) is 2.98. The molecule has 3 nitrogen and oxygen atoms in total. The largest absolute Gasteiger partial charge is 0.348 e. The summed E-state index contributed by atoms with van der Waals surface area (Å²) in [5, 5.41) is 0. The number of carbonyl (C=O) groups is 1. The highest BCUT2D eigenvalue weighted by molar-refractivity contribution is 5.49. The summed E-state index contributed by atoms with van der Waals surface area (Å²) in [6, 6.07) is 9.93. The van der Waals surface area contributed by atoms with Gasteiger partial charge >= 0.3 is 0 Å². The van der Waals surface area contributed by atoms with Gasteiger partial charge in [0.1, 0.15) is 6.29 Å². The van der Waals surface area contributed by atoms with Crippen molar-refractivity contribution < 1.29 is 14.3 Å². The molecule has 0 saturated carbocycles.